The Bertz CT molecular complexity index is 469. The Labute approximate surface area is 128 Å². The molecule has 0 fully saturated rings. The highest BCUT2D eigenvalue weighted by Gasteiger charge is 2.39. The lowest BCUT2D eigenvalue weighted by atomic mass is 10.2. The van der Waals surface area contributed by atoms with Crippen LogP contribution in [0.5, 0.6) is 0 Å². The van der Waals surface area contributed by atoms with Crippen LogP contribution in [0.15, 0.2) is 35.0 Å². The van der Waals surface area contributed by atoms with Crippen LogP contribution in [-0.4, -0.2) is 21.4 Å². The molecule has 0 aliphatic rings. The minimum absolute atomic E-state index is 0.115. The van der Waals surface area contributed by atoms with Crippen LogP contribution in [0.4, 0.5) is 0 Å². The molecule has 0 saturated heterocycles. The molecule has 118 valence electrons. The molecule has 0 amide bonds. The van der Waals surface area contributed by atoms with E-state index in [1.807, 2.05) is 12.1 Å². The molecular formula is C16H26O4Si. The minimum Gasteiger partial charge on any atom is -0.467 e. The van der Waals surface area contributed by atoms with E-state index in [-0.39, 0.29) is 17.1 Å². The second kappa shape index (κ2) is 7.09. The van der Waals surface area contributed by atoms with Crippen LogP contribution in [0.3, 0.4) is 0 Å². The minimum atomic E-state index is -1.92. The van der Waals surface area contributed by atoms with Crippen LogP contribution in [0.1, 0.15) is 39.1 Å². The summed E-state index contributed by atoms with van der Waals surface area (Å²) in [7, 11) is -0.556. The van der Waals surface area contributed by atoms with Gasteiger partial charge in [0.25, 0.3) is 0 Å². The van der Waals surface area contributed by atoms with Crippen LogP contribution in [0.2, 0.25) is 18.1 Å². The molecule has 5 heteroatoms. The van der Waals surface area contributed by atoms with Crippen molar-refractivity contribution in [3.63, 3.8) is 0 Å². The first kappa shape index (κ1) is 17.7. The lowest BCUT2D eigenvalue weighted by Gasteiger charge is -2.38. The fraction of sp³-hybridized carbons (Fsp3) is 0.562. The second-order valence-corrected chi connectivity index (χ2v) is 11.3. The third-order valence-corrected chi connectivity index (χ3v) is 8.40. The number of ether oxygens (including phenoxy) is 1. The topological polar surface area (TPSA) is 48.7 Å². The first-order valence-electron chi connectivity index (χ1n) is 7.13. The van der Waals surface area contributed by atoms with E-state index in [1.165, 1.54) is 13.2 Å². The van der Waals surface area contributed by atoms with Crippen molar-refractivity contribution in [1.82, 2.24) is 0 Å². The van der Waals surface area contributed by atoms with Crippen LogP contribution < -0.4 is 0 Å². The second-order valence-electron chi connectivity index (χ2n) is 6.54. The first-order chi connectivity index (χ1) is 9.67. The summed E-state index contributed by atoms with van der Waals surface area (Å²) in [4.78, 5) is 11.2. The summed E-state index contributed by atoms with van der Waals surface area (Å²) in [5, 5.41) is 0.115. The molecular weight excluding hydrogens is 284 g/mol. The molecule has 0 N–H and O–H groups in total. The summed E-state index contributed by atoms with van der Waals surface area (Å²) in [6.45, 7) is 11.0. The molecule has 1 aromatic rings. The van der Waals surface area contributed by atoms with Crippen molar-refractivity contribution in [2.24, 2.45) is 0 Å². The number of hydrogen-bond acceptors (Lipinski definition) is 4. The van der Waals surface area contributed by atoms with Crippen LogP contribution in [0, 0.1) is 0 Å². The van der Waals surface area contributed by atoms with E-state index in [9.17, 15) is 4.79 Å². The maximum Gasteiger partial charge on any atom is 0.330 e. The highest BCUT2D eigenvalue weighted by Crippen LogP contribution is 2.40. The van der Waals surface area contributed by atoms with Gasteiger partial charge in [-0.3, -0.25) is 0 Å². The standard InChI is InChI=1S/C16H26O4Si/c1-16(2,3)21(5,6)20-14(13-10-8-12-19-13)9-7-11-15(17)18-4/h7-8,10-12,14H,9H2,1-6H3/b11-7+. The molecule has 1 aromatic heterocycles. The number of hydrogen-bond donors (Lipinski definition) is 0. The molecule has 0 spiro atoms. The number of carbonyl (C=O) groups excluding carboxylic acids is 1. The highest BCUT2D eigenvalue weighted by molar-refractivity contribution is 6.74. The summed E-state index contributed by atoms with van der Waals surface area (Å²) < 4.78 is 16.5. The average Bonchev–Trinajstić information content (AvgIpc) is 2.89. The van der Waals surface area contributed by atoms with Crippen molar-refractivity contribution >= 4 is 14.3 Å². The molecule has 4 nitrogen and oxygen atoms in total. The maximum absolute atomic E-state index is 11.2. The fourth-order valence-electron chi connectivity index (χ4n) is 1.59. The molecule has 1 heterocycles. The van der Waals surface area contributed by atoms with Gasteiger partial charge in [-0.1, -0.05) is 26.8 Å². The Morgan fingerprint density at radius 2 is 2.10 bits per heavy atom. The van der Waals surface area contributed by atoms with Crippen LogP contribution in [0.25, 0.3) is 0 Å². The van der Waals surface area contributed by atoms with Gasteiger partial charge in [0, 0.05) is 6.08 Å². The SMILES string of the molecule is COC(=O)/C=C/CC(O[Si](C)(C)C(C)(C)C)c1ccco1. The van der Waals surface area contributed by atoms with Gasteiger partial charge in [0.05, 0.1) is 13.4 Å². The van der Waals surface area contributed by atoms with Gasteiger partial charge < -0.3 is 13.6 Å². The van der Waals surface area contributed by atoms with E-state index in [0.717, 1.165) is 5.76 Å². The Kier molecular flexibility index (Phi) is 5.98. The number of furan rings is 1. The van der Waals surface area contributed by atoms with Crippen molar-refractivity contribution in [2.75, 3.05) is 7.11 Å². The van der Waals surface area contributed by atoms with Crippen molar-refractivity contribution in [2.45, 2.75) is 51.4 Å². The zero-order chi connectivity index (χ0) is 16.1. The van der Waals surface area contributed by atoms with Gasteiger partial charge in [0.1, 0.15) is 11.9 Å². The zero-order valence-electron chi connectivity index (χ0n) is 13.8. The third kappa shape index (κ3) is 5.17. The lowest BCUT2D eigenvalue weighted by molar-refractivity contribution is -0.134. The van der Waals surface area contributed by atoms with Gasteiger partial charge in [-0.15, -0.1) is 0 Å². The van der Waals surface area contributed by atoms with E-state index in [1.54, 1.807) is 12.3 Å². The molecule has 0 aliphatic carbocycles. The predicted octanol–water partition coefficient (Wildman–Crippen LogP) is 4.46. The highest BCUT2D eigenvalue weighted by atomic mass is 28.4. The molecule has 0 aliphatic heterocycles. The Balaban J connectivity index is 2.85. The molecule has 1 atom stereocenters. The predicted molar refractivity (Wildman–Crippen MR) is 85.5 cm³/mol. The zero-order valence-corrected chi connectivity index (χ0v) is 14.8. The van der Waals surface area contributed by atoms with Gasteiger partial charge in [-0.2, -0.15) is 0 Å². The van der Waals surface area contributed by atoms with Crippen molar-refractivity contribution < 1.29 is 18.4 Å². The fourth-order valence-corrected chi connectivity index (χ4v) is 2.86. The van der Waals surface area contributed by atoms with Crippen molar-refractivity contribution in [1.29, 1.82) is 0 Å². The third-order valence-electron chi connectivity index (χ3n) is 3.91. The molecule has 1 rings (SSSR count). The van der Waals surface area contributed by atoms with Gasteiger partial charge >= 0.3 is 5.97 Å². The van der Waals surface area contributed by atoms with E-state index >= 15 is 0 Å². The summed E-state index contributed by atoms with van der Waals surface area (Å²) in [5.41, 5.74) is 0. The number of rotatable bonds is 6. The normalized spacial score (nSPS) is 14.4. The van der Waals surface area contributed by atoms with Crippen LogP contribution in [-0.2, 0) is 14.0 Å². The monoisotopic (exact) mass is 310 g/mol. The number of carbonyl (C=O) groups is 1. The van der Waals surface area contributed by atoms with E-state index in [4.69, 9.17) is 8.84 Å². The maximum atomic E-state index is 11.2. The molecule has 0 radical (unpaired) electrons. The molecule has 0 aromatic carbocycles. The Hall–Kier alpha value is -1.33. The summed E-state index contributed by atoms with van der Waals surface area (Å²) in [6.07, 6.45) is 5.23. The van der Waals surface area contributed by atoms with Crippen LogP contribution >= 0.6 is 0 Å². The van der Waals surface area contributed by atoms with Crippen molar-refractivity contribution in [3.05, 3.63) is 36.3 Å². The quantitative estimate of drug-likeness (QED) is 0.442. The summed E-state index contributed by atoms with van der Waals surface area (Å²) in [5.74, 6) is 0.426. The largest absolute Gasteiger partial charge is 0.467 e. The Morgan fingerprint density at radius 1 is 1.43 bits per heavy atom. The van der Waals surface area contributed by atoms with Gasteiger partial charge in [0.15, 0.2) is 8.32 Å². The van der Waals surface area contributed by atoms with E-state index < -0.39 is 8.32 Å². The smallest absolute Gasteiger partial charge is 0.330 e. The van der Waals surface area contributed by atoms with E-state index in [2.05, 4.69) is 38.6 Å². The van der Waals surface area contributed by atoms with E-state index in [0.29, 0.717) is 6.42 Å². The molecule has 0 saturated carbocycles. The molecule has 1 unspecified atom stereocenters. The van der Waals surface area contributed by atoms with Crippen molar-refractivity contribution in [3.8, 4) is 0 Å². The number of methoxy groups -OCH3 is 1. The first-order valence-corrected chi connectivity index (χ1v) is 10.0. The van der Waals surface area contributed by atoms with Gasteiger partial charge in [0.2, 0.25) is 0 Å². The number of esters is 1. The van der Waals surface area contributed by atoms with Gasteiger partial charge in [-0.05, 0) is 36.7 Å². The summed E-state index contributed by atoms with van der Waals surface area (Å²) >= 11 is 0. The molecule has 21 heavy (non-hydrogen) atoms. The Morgan fingerprint density at radius 3 is 2.57 bits per heavy atom. The average molecular weight is 310 g/mol. The van der Waals surface area contributed by atoms with Gasteiger partial charge in [-0.25, -0.2) is 4.79 Å². The lowest BCUT2D eigenvalue weighted by Crippen LogP contribution is -2.41. The summed E-state index contributed by atoms with van der Waals surface area (Å²) in [6, 6.07) is 3.76. The molecule has 0 bridgehead atoms.